The number of hydrogen-bond acceptors (Lipinski definition) is 4. The lowest BCUT2D eigenvalue weighted by Crippen LogP contribution is -2.47. The molecule has 0 radical (unpaired) electrons. The number of carbonyl (C=O) groups is 2. The lowest BCUT2D eigenvalue weighted by molar-refractivity contribution is -0.143. The SMILES string of the molecule is COC(=O)N(Cc1cc(C(F)(F)F)cc(C(F)(F)F)c1)C1CC(C)N(C(=O)OCc2ccccc2)c2ccc(C(F)(F)F)cc21. The molecular formula is C30H25F9N2O4. The third-order valence-corrected chi connectivity index (χ3v) is 7.17. The molecule has 1 aliphatic heterocycles. The van der Waals surface area contributed by atoms with Gasteiger partial charge in [0.15, 0.2) is 0 Å². The Labute approximate surface area is 250 Å². The minimum atomic E-state index is -5.18. The van der Waals surface area contributed by atoms with Crippen molar-refractivity contribution in [1.82, 2.24) is 4.90 Å². The van der Waals surface area contributed by atoms with Crippen LogP contribution in [0.2, 0.25) is 0 Å². The van der Waals surface area contributed by atoms with Gasteiger partial charge < -0.3 is 9.47 Å². The molecule has 1 heterocycles. The highest BCUT2D eigenvalue weighted by Gasteiger charge is 2.42. The van der Waals surface area contributed by atoms with Crippen LogP contribution in [-0.4, -0.2) is 30.2 Å². The fraction of sp³-hybridized carbons (Fsp3) is 0.333. The molecule has 0 bridgehead atoms. The van der Waals surface area contributed by atoms with Crippen molar-refractivity contribution in [3.8, 4) is 0 Å². The van der Waals surface area contributed by atoms with Gasteiger partial charge in [-0.3, -0.25) is 9.80 Å². The van der Waals surface area contributed by atoms with Crippen LogP contribution in [0.4, 0.5) is 54.8 Å². The minimum Gasteiger partial charge on any atom is -0.453 e. The summed E-state index contributed by atoms with van der Waals surface area (Å²) >= 11 is 0. The largest absolute Gasteiger partial charge is 0.453 e. The molecule has 45 heavy (non-hydrogen) atoms. The zero-order valence-electron chi connectivity index (χ0n) is 23.6. The average Bonchev–Trinajstić information content (AvgIpc) is 2.96. The maximum atomic E-state index is 13.8. The number of fused-ring (bicyclic) bond motifs is 1. The van der Waals surface area contributed by atoms with E-state index in [4.69, 9.17) is 9.47 Å². The van der Waals surface area contributed by atoms with E-state index in [1.807, 2.05) is 0 Å². The van der Waals surface area contributed by atoms with Gasteiger partial charge in [-0.25, -0.2) is 9.59 Å². The Balaban J connectivity index is 1.79. The normalized spacial score (nSPS) is 17.0. The van der Waals surface area contributed by atoms with Crippen molar-refractivity contribution in [3.63, 3.8) is 0 Å². The maximum Gasteiger partial charge on any atom is 0.416 e. The molecule has 0 fully saturated rings. The summed E-state index contributed by atoms with van der Waals surface area (Å²) in [5.74, 6) is 0. The molecular weight excluding hydrogens is 623 g/mol. The standard InChI is InChI=1S/C30H25F9N2O4/c1-17-10-25(40(26(42)44-2)15-19-11-21(29(34,35)36)13-22(12-19)30(37,38)39)23-14-20(28(31,32)33)8-9-24(23)41(17)27(43)45-16-18-6-4-3-5-7-18/h3-9,11-14,17,25H,10,15-16H2,1-2H3. The number of hydrogen-bond donors (Lipinski definition) is 0. The van der Waals surface area contributed by atoms with Crippen LogP contribution in [0.1, 0.15) is 52.8 Å². The van der Waals surface area contributed by atoms with Crippen LogP contribution >= 0.6 is 0 Å². The van der Waals surface area contributed by atoms with Gasteiger partial charge in [-0.15, -0.1) is 0 Å². The Hall–Kier alpha value is -4.43. The predicted molar refractivity (Wildman–Crippen MR) is 142 cm³/mol. The van der Waals surface area contributed by atoms with Crippen molar-refractivity contribution < 1.29 is 58.6 Å². The van der Waals surface area contributed by atoms with Crippen LogP contribution in [0.25, 0.3) is 0 Å². The molecule has 0 saturated carbocycles. The van der Waals surface area contributed by atoms with Gasteiger partial charge in [0.2, 0.25) is 0 Å². The van der Waals surface area contributed by atoms with Crippen LogP contribution in [0.5, 0.6) is 0 Å². The Morgan fingerprint density at radius 3 is 1.91 bits per heavy atom. The molecule has 2 unspecified atom stereocenters. The molecule has 3 aromatic carbocycles. The van der Waals surface area contributed by atoms with Crippen molar-refractivity contribution in [2.45, 2.75) is 57.1 Å². The number of halogens is 9. The fourth-order valence-corrected chi connectivity index (χ4v) is 5.10. The number of carbonyl (C=O) groups excluding carboxylic acids is 2. The van der Waals surface area contributed by atoms with Crippen LogP contribution in [0.3, 0.4) is 0 Å². The van der Waals surface area contributed by atoms with E-state index < -0.39 is 71.6 Å². The van der Waals surface area contributed by atoms with Gasteiger partial charge in [0.1, 0.15) is 6.61 Å². The van der Waals surface area contributed by atoms with E-state index in [9.17, 15) is 49.1 Å². The summed E-state index contributed by atoms with van der Waals surface area (Å²) in [4.78, 5) is 28.0. The first kappa shape index (κ1) is 33.5. The van der Waals surface area contributed by atoms with Crippen LogP contribution in [0.15, 0.2) is 66.7 Å². The fourth-order valence-electron chi connectivity index (χ4n) is 5.10. The van der Waals surface area contributed by atoms with E-state index in [1.165, 1.54) is 6.92 Å². The van der Waals surface area contributed by atoms with Crippen molar-refractivity contribution in [1.29, 1.82) is 0 Å². The lowest BCUT2D eigenvalue weighted by atomic mass is 9.89. The first-order chi connectivity index (χ1) is 20.9. The highest BCUT2D eigenvalue weighted by molar-refractivity contribution is 5.90. The van der Waals surface area contributed by atoms with E-state index in [-0.39, 0.29) is 30.3 Å². The number of alkyl halides is 9. The number of benzene rings is 3. The highest BCUT2D eigenvalue weighted by atomic mass is 19.4. The summed E-state index contributed by atoms with van der Waals surface area (Å²) in [7, 11) is 0.898. The van der Waals surface area contributed by atoms with Crippen molar-refractivity contribution in [3.05, 3.63) is 100 Å². The molecule has 0 aromatic heterocycles. The summed E-state index contributed by atoms with van der Waals surface area (Å²) in [5, 5.41) is 0. The number of ether oxygens (including phenoxy) is 2. The minimum absolute atomic E-state index is 0.0848. The molecule has 2 amide bonds. The van der Waals surface area contributed by atoms with Crippen LogP contribution in [-0.2, 0) is 41.2 Å². The highest BCUT2D eigenvalue weighted by Crippen LogP contribution is 2.45. The summed E-state index contributed by atoms with van der Waals surface area (Å²) in [6, 6.07) is 9.39. The van der Waals surface area contributed by atoms with E-state index in [0.29, 0.717) is 29.8 Å². The number of anilines is 1. The third-order valence-electron chi connectivity index (χ3n) is 7.17. The molecule has 6 nitrogen and oxygen atoms in total. The molecule has 2 atom stereocenters. The van der Waals surface area contributed by atoms with Crippen LogP contribution in [0, 0.1) is 0 Å². The Morgan fingerprint density at radius 1 is 0.800 bits per heavy atom. The van der Waals surface area contributed by atoms with Crippen molar-refractivity contribution >= 4 is 17.9 Å². The number of rotatable bonds is 5. The molecule has 0 N–H and O–H groups in total. The first-order valence-corrected chi connectivity index (χ1v) is 13.2. The van der Waals surface area contributed by atoms with Crippen LogP contribution < -0.4 is 4.90 Å². The summed E-state index contributed by atoms with van der Waals surface area (Å²) in [6.07, 6.45) is -17.7. The second-order valence-corrected chi connectivity index (χ2v) is 10.3. The number of amides is 2. The molecule has 0 spiro atoms. The van der Waals surface area contributed by atoms with Gasteiger partial charge in [-0.2, -0.15) is 39.5 Å². The molecule has 0 saturated heterocycles. The Kier molecular flexibility index (Phi) is 9.31. The summed E-state index contributed by atoms with van der Waals surface area (Å²) < 4.78 is 133. The van der Waals surface area contributed by atoms with Gasteiger partial charge >= 0.3 is 30.7 Å². The third kappa shape index (κ3) is 7.63. The van der Waals surface area contributed by atoms with Crippen molar-refractivity contribution in [2.24, 2.45) is 0 Å². The van der Waals surface area contributed by atoms with E-state index >= 15 is 0 Å². The first-order valence-electron chi connectivity index (χ1n) is 13.2. The van der Waals surface area contributed by atoms with Crippen molar-refractivity contribution in [2.75, 3.05) is 12.0 Å². The quantitative estimate of drug-likeness (QED) is 0.259. The lowest BCUT2D eigenvalue weighted by Gasteiger charge is -2.42. The van der Waals surface area contributed by atoms with Gasteiger partial charge in [0.25, 0.3) is 0 Å². The van der Waals surface area contributed by atoms with E-state index in [0.717, 1.165) is 23.0 Å². The second kappa shape index (κ2) is 12.5. The Morgan fingerprint density at radius 2 is 1.38 bits per heavy atom. The van der Waals surface area contributed by atoms with Gasteiger partial charge in [0, 0.05) is 12.6 Å². The average molecular weight is 649 g/mol. The topological polar surface area (TPSA) is 59.1 Å². The summed E-state index contributed by atoms with van der Waals surface area (Å²) in [5.41, 5.74) is -4.76. The zero-order valence-corrected chi connectivity index (χ0v) is 23.6. The monoisotopic (exact) mass is 648 g/mol. The number of nitrogens with zero attached hydrogens (tertiary/aromatic N) is 2. The zero-order chi connectivity index (χ0) is 33.3. The predicted octanol–water partition coefficient (Wildman–Crippen LogP) is 8.99. The number of methoxy groups -OCH3 is 1. The molecule has 242 valence electrons. The molecule has 15 heteroatoms. The molecule has 0 aliphatic carbocycles. The molecule has 1 aliphatic rings. The molecule has 3 aromatic rings. The maximum absolute atomic E-state index is 13.8. The second-order valence-electron chi connectivity index (χ2n) is 10.3. The smallest absolute Gasteiger partial charge is 0.416 e. The van der Waals surface area contributed by atoms with Gasteiger partial charge in [-0.1, -0.05) is 30.3 Å². The Bertz CT molecular complexity index is 1510. The van der Waals surface area contributed by atoms with E-state index in [1.54, 1.807) is 30.3 Å². The van der Waals surface area contributed by atoms with Gasteiger partial charge in [-0.05, 0) is 66.4 Å². The van der Waals surface area contributed by atoms with E-state index in [2.05, 4.69) is 0 Å². The molecule has 4 rings (SSSR count). The summed E-state index contributed by atoms with van der Waals surface area (Å²) in [6.45, 7) is 0.428. The van der Waals surface area contributed by atoms with Gasteiger partial charge in [0.05, 0.1) is 35.5 Å².